The number of halogens is 2. The Bertz CT molecular complexity index is 1470. The summed E-state index contributed by atoms with van der Waals surface area (Å²) in [4.78, 5) is 54.8. The summed E-state index contributed by atoms with van der Waals surface area (Å²) < 4.78 is 35.7. The van der Waals surface area contributed by atoms with Gasteiger partial charge in [-0.05, 0) is 100 Å². The van der Waals surface area contributed by atoms with Crippen molar-refractivity contribution in [3.63, 3.8) is 0 Å². The predicted molar refractivity (Wildman–Crippen MR) is 204 cm³/mol. The van der Waals surface area contributed by atoms with Crippen molar-refractivity contribution in [2.24, 2.45) is 11.3 Å². The molecule has 0 radical (unpaired) electrons. The molecule has 3 amide bonds. The monoisotopic (exact) mass is 757 g/mol. The van der Waals surface area contributed by atoms with Gasteiger partial charge >= 0.3 is 0 Å². The van der Waals surface area contributed by atoms with Crippen LogP contribution in [0, 0.1) is 23.0 Å². The van der Waals surface area contributed by atoms with Crippen LogP contribution in [0.2, 0.25) is 0 Å². The van der Waals surface area contributed by atoms with E-state index in [4.69, 9.17) is 4.74 Å². The number of amides is 3. The van der Waals surface area contributed by atoms with E-state index in [2.05, 4.69) is 37.5 Å². The van der Waals surface area contributed by atoms with E-state index in [0.29, 0.717) is 63.3 Å². The molecule has 1 aliphatic carbocycles. The third kappa shape index (κ3) is 8.46. The van der Waals surface area contributed by atoms with Crippen molar-refractivity contribution in [2.45, 2.75) is 128 Å². The number of rotatable bonds is 8. The molecule has 5 aliphatic heterocycles. The lowest BCUT2D eigenvalue weighted by Crippen LogP contribution is -2.56. The largest absolute Gasteiger partial charge is 0.368 e. The third-order valence-corrected chi connectivity index (χ3v) is 14.5. The topological polar surface area (TPSA) is 76.6 Å². The van der Waals surface area contributed by atoms with Crippen LogP contribution < -0.4 is 0 Å². The summed E-state index contributed by atoms with van der Waals surface area (Å²) in [5, 5.41) is 0. The van der Waals surface area contributed by atoms with Crippen LogP contribution in [0.25, 0.3) is 0 Å². The number of nitrogens with zero attached hydrogens (tertiary/aromatic N) is 5. The lowest BCUT2D eigenvalue weighted by Gasteiger charge is -2.43. The molecule has 5 atom stereocenters. The van der Waals surface area contributed by atoms with E-state index in [9.17, 15) is 14.0 Å². The summed E-state index contributed by atoms with van der Waals surface area (Å²) in [6.45, 7) is 13.5. The quantitative estimate of drug-likeness (QED) is 0.353. The van der Waals surface area contributed by atoms with E-state index in [1.807, 2.05) is 21.6 Å². The minimum atomic E-state index is -0.711. The second kappa shape index (κ2) is 16.4. The van der Waals surface area contributed by atoms with Gasteiger partial charge in [0, 0.05) is 82.5 Å². The molecule has 5 saturated heterocycles. The standard InChI is InChI=1S/C41H61F2N5O4S/c1-27(2)44-15-17-45(18-16-44)39(50)36-23-31(48(40(51)37-6-5-19-52-37)30-9-13-41(3,4)14-10-30)24-47(36)38(49)34-26-46(29-11-20-53-21-12-29)25-33(34)32-8-7-28(42)22-35(32)43/h7-8,22,27,29-31,33-34,36-37H,5-6,9-21,23-26H2,1-4H3/t31-,33-,34+,36-,37-/m0/s1. The molecule has 0 spiro atoms. The molecule has 0 N–H and O–H groups in total. The maximum Gasteiger partial charge on any atom is 0.252 e. The van der Waals surface area contributed by atoms with E-state index in [1.165, 1.54) is 12.1 Å². The number of ether oxygens (including phenoxy) is 1. The Kier molecular flexibility index (Phi) is 12.1. The van der Waals surface area contributed by atoms with Crippen LogP contribution in [0.5, 0.6) is 0 Å². The van der Waals surface area contributed by atoms with Gasteiger partial charge < -0.3 is 19.4 Å². The van der Waals surface area contributed by atoms with Crippen molar-refractivity contribution < 1.29 is 27.9 Å². The first-order valence-electron chi connectivity index (χ1n) is 20.4. The Labute approximate surface area is 319 Å². The highest BCUT2D eigenvalue weighted by Gasteiger charge is 2.52. The Hall–Kier alpha value is -2.28. The lowest BCUT2D eigenvalue weighted by molar-refractivity contribution is -0.148. The normalized spacial score (nSPS) is 30.7. The smallest absolute Gasteiger partial charge is 0.252 e. The summed E-state index contributed by atoms with van der Waals surface area (Å²) in [7, 11) is 0. The van der Waals surface area contributed by atoms with Gasteiger partial charge in [0.15, 0.2) is 0 Å². The number of thioether (sulfide) groups is 1. The molecule has 53 heavy (non-hydrogen) atoms. The summed E-state index contributed by atoms with van der Waals surface area (Å²) >= 11 is 1.94. The Morgan fingerprint density at radius 3 is 2.26 bits per heavy atom. The van der Waals surface area contributed by atoms with Gasteiger partial charge in [-0.3, -0.25) is 24.2 Å². The summed E-state index contributed by atoms with van der Waals surface area (Å²) in [6.07, 6.45) is 7.24. The zero-order valence-electron chi connectivity index (χ0n) is 32.3. The molecule has 294 valence electrons. The summed E-state index contributed by atoms with van der Waals surface area (Å²) in [5.74, 6) is -0.422. The second-order valence-electron chi connectivity index (χ2n) is 17.7. The number of likely N-dealkylation sites (tertiary alicyclic amines) is 2. The van der Waals surface area contributed by atoms with Gasteiger partial charge in [0.25, 0.3) is 5.91 Å². The average molecular weight is 758 g/mol. The number of benzene rings is 1. The fraction of sp³-hybridized carbons (Fsp3) is 0.780. The SMILES string of the molecule is CC(C)N1CCN(C(=O)[C@@H]2C[C@H](N(C(=O)[C@@H]3CCCO3)C3CCC(C)(C)CC3)CN2C(=O)[C@@H]2CN(C3CCSCC3)C[C@H]2c2ccc(F)cc2F)CC1. The van der Waals surface area contributed by atoms with E-state index in [0.717, 1.165) is 75.6 Å². The zero-order valence-corrected chi connectivity index (χ0v) is 33.1. The Balaban J connectivity index is 1.21. The predicted octanol–water partition coefficient (Wildman–Crippen LogP) is 5.37. The van der Waals surface area contributed by atoms with Gasteiger partial charge in [0.05, 0.1) is 12.0 Å². The molecule has 7 rings (SSSR count). The van der Waals surface area contributed by atoms with Gasteiger partial charge in [0.2, 0.25) is 11.8 Å². The molecule has 9 nitrogen and oxygen atoms in total. The summed E-state index contributed by atoms with van der Waals surface area (Å²) in [5.41, 5.74) is 0.570. The van der Waals surface area contributed by atoms with E-state index in [1.54, 1.807) is 4.90 Å². The van der Waals surface area contributed by atoms with Crippen molar-refractivity contribution in [2.75, 3.05) is 63.9 Å². The zero-order chi connectivity index (χ0) is 37.4. The maximum atomic E-state index is 15.6. The number of hydrogen-bond acceptors (Lipinski definition) is 7. The molecular formula is C41H61F2N5O4S. The van der Waals surface area contributed by atoms with Gasteiger partial charge in [-0.1, -0.05) is 19.9 Å². The van der Waals surface area contributed by atoms with Crippen LogP contribution >= 0.6 is 11.8 Å². The van der Waals surface area contributed by atoms with Crippen molar-refractivity contribution >= 4 is 29.5 Å². The molecule has 6 aliphatic rings. The van der Waals surface area contributed by atoms with Crippen molar-refractivity contribution in [3.05, 3.63) is 35.4 Å². The van der Waals surface area contributed by atoms with Crippen LogP contribution in [0.1, 0.15) is 97.0 Å². The van der Waals surface area contributed by atoms with Gasteiger partial charge in [0.1, 0.15) is 23.8 Å². The van der Waals surface area contributed by atoms with Crippen LogP contribution in [0.4, 0.5) is 8.78 Å². The van der Waals surface area contributed by atoms with Gasteiger partial charge in [-0.25, -0.2) is 8.78 Å². The van der Waals surface area contributed by atoms with Crippen LogP contribution in [-0.2, 0) is 19.1 Å². The van der Waals surface area contributed by atoms with Gasteiger partial charge in [-0.2, -0.15) is 11.8 Å². The molecule has 5 heterocycles. The Morgan fingerprint density at radius 2 is 1.62 bits per heavy atom. The first-order chi connectivity index (χ1) is 25.4. The molecule has 6 fully saturated rings. The highest BCUT2D eigenvalue weighted by Crippen LogP contribution is 2.42. The number of piperazine rings is 1. The number of carbonyl (C=O) groups excluding carboxylic acids is 3. The lowest BCUT2D eigenvalue weighted by atomic mass is 9.75. The first-order valence-corrected chi connectivity index (χ1v) is 21.6. The minimum absolute atomic E-state index is 0.00304. The van der Waals surface area contributed by atoms with Crippen LogP contribution in [-0.4, -0.2) is 142 Å². The molecule has 12 heteroatoms. The highest BCUT2D eigenvalue weighted by atomic mass is 32.2. The minimum Gasteiger partial charge on any atom is -0.368 e. The molecule has 1 aromatic carbocycles. The first kappa shape index (κ1) is 39.0. The molecule has 0 bridgehead atoms. The van der Waals surface area contributed by atoms with Crippen molar-refractivity contribution in [1.82, 2.24) is 24.5 Å². The Morgan fingerprint density at radius 1 is 0.906 bits per heavy atom. The molecular weight excluding hydrogens is 697 g/mol. The van der Waals surface area contributed by atoms with Crippen LogP contribution in [0.3, 0.4) is 0 Å². The third-order valence-electron chi connectivity index (χ3n) is 13.5. The van der Waals surface area contributed by atoms with E-state index >= 15 is 9.18 Å². The molecule has 1 saturated carbocycles. The summed E-state index contributed by atoms with van der Waals surface area (Å²) in [6, 6.07) is 3.40. The van der Waals surface area contributed by atoms with E-state index in [-0.39, 0.29) is 41.8 Å². The number of hydrogen-bond donors (Lipinski definition) is 0. The van der Waals surface area contributed by atoms with Crippen molar-refractivity contribution in [1.29, 1.82) is 0 Å². The second-order valence-corrected chi connectivity index (χ2v) is 18.9. The molecule has 1 aromatic rings. The average Bonchev–Trinajstić information content (AvgIpc) is 3.93. The van der Waals surface area contributed by atoms with Crippen molar-refractivity contribution in [3.8, 4) is 0 Å². The molecule has 0 unspecified atom stereocenters. The molecule has 0 aromatic heterocycles. The highest BCUT2D eigenvalue weighted by molar-refractivity contribution is 7.99. The maximum absolute atomic E-state index is 15.6. The fourth-order valence-corrected chi connectivity index (χ4v) is 11.3. The van der Waals surface area contributed by atoms with Crippen LogP contribution in [0.15, 0.2) is 18.2 Å². The fourth-order valence-electron chi connectivity index (χ4n) is 10.2. The van der Waals surface area contributed by atoms with Gasteiger partial charge in [-0.15, -0.1) is 0 Å². The number of carbonyl (C=O) groups is 3. The van der Waals surface area contributed by atoms with E-state index < -0.39 is 35.6 Å².